The lowest BCUT2D eigenvalue weighted by Gasteiger charge is -2.17. The zero-order valence-electron chi connectivity index (χ0n) is 11.3. The molecular formula is C14H18FN3O. The Bertz CT molecular complexity index is 494. The molecule has 0 spiro atoms. The maximum Gasteiger partial charge on any atom is 0.239 e. The van der Waals surface area contributed by atoms with E-state index in [1.165, 1.54) is 18.2 Å². The van der Waals surface area contributed by atoms with Crippen LogP contribution in [-0.2, 0) is 4.79 Å². The van der Waals surface area contributed by atoms with Gasteiger partial charge in [-0.25, -0.2) is 4.39 Å². The van der Waals surface area contributed by atoms with E-state index in [-0.39, 0.29) is 24.1 Å². The van der Waals surface area contributed by atoms with E-state index >= 15 is 0 Å². The predicted molar refractivity (Wildman–Crippen MR) is 72.0 cm³/mol. The van der Waals surface area contributed by atoms with Gasteiger partial charge >= 0.3 is 0 Å². The highest BCUT2D eigenvalue weighted by molar-refractivity contribution is 5.81. The summed E-state index contributed by atoms with van der Waals surface area (Å²) in [4.78, 5) is 11.6. The van der Waals surface area contributed by atoms with Gasteiger partial charge in [0.2, 0.25) is 5.91 Å². The van der Waals surface area contributed by atoms with Crippen LogP contribution in [0.15, 0.2) is 18.2 Å². The van der Waals surface area contributed by atoms with Gasteiger partial charge in [-0.2, -0.15) is 5.26 Å². The van der Waals surface area contributed by atoms with E-state index in [9.17, 15) is 9.18 Å². The number of carbonyl (C=O) groups is 1. The summed E-state index contributed by atoms with van der Waals surface area (Å²) in [5.74, 6) is -0.338. The second-order valence-electron chi connectivity index (χ2n) is 4.76. The average molecular weight is 263 g/mol. The SMILES string of the molecule is CC(C)C(C)NC(=O)CNc1ccc(F)c(C#N)c1. The van der Waals surface area contributed by atoms with Crippen molar-refractivity contribution in [1.29, 1.82) is 5.26 Å². The van der Waals surface area contributed by atoms with Crippen molar-refractivity contribution in [2.45, 2.75) is 26.8 Å². The van der Waals surface area contributed by atoms with E-state index in [4.69, 9.17) is 5.26 Å². The zero-order valence-corrected chi connectivity index (χ0v) is 11.3. The highest BCUT2D eigenvalue weighted by Crippen LogP contribution is 2.13. The summed E-state index contributed by atoms with van der Waals surface area (Å²) in [7, 11) is 0. The van der Waals surface area contributed by atoms with Crippen molar-refractivity contribution >= 4 is 11.6 Å². The van der Waals surface area contributed by atoms with Gasteiger partial charge in [-0.1, -0.05) is 13.8 Å². The van der Waals surface area contributed by atoms with Crippen LogP contribution >= 0.6 is 0 Å². The first-order valence-corrected chi connectivity index (χ1v) is 6.17. The van der Waals surface area contributed by atoms with Crippen LogP contribution in [0.3, 0.4) is 0 Å². The van der Waals surface area contributed by atoms with Gasteiger partial charge in [-0.15, -0.1) is 0 Å². The molecule has 19 heavy (non-hydrogen) atoms. The number of carbonyl (C=O) groups excluding carboxylic acids is 1. The quantitative estimate of drug-likeness (QED) is 0.856. The maximum atomic E-state index is 13.1. The zero-order chi connectivity index (χ0) is 14.4. The first-order valence-electron chi connectivity index (χ1n) is 6.17. The minimum absolute atomic E-state index is 0.0408. The van der Waals surface area contributed by atoms with Crippen LogP contribution in [-0.4, -0.2) is 18.5 Å². The Kier molecular flexibility index (Phi) is 5.31. The highest BCUT2D eigenvalue weighted by atomic mass is 19.1. The topological polar surface area (TPSA) is 64.9 Å². The first-order chi connectivity index (χ1) is 8.93. The van der Waals surface area contributed by atoms with Crippen LogP contribution in [0.1, 0.15) is 26.3 Å². The summed E-state index contributed by atoms with van der Waals surface area (Å²) in [6, 6.07) is 5.93. The van der Waals surface area contributed by atoms with Crippen molar-refractivity contribution in [3.63, 3.8) is 0 Å². The third kappa shape index (κ3) is 4.59. The van der Waals surface area contributed by atoms with Gasteiger partial charge in [0.05, 0.1) is 12.1 Å². The number of nitriles is 1. The lowest BCUT2D eigenvalue weighted by atomic mass is 10.1. The molecule has 102 valence electrons. The number of amides is 1. The Balaban J connectivity index is 2.53. The number of anilines is 1. The fourth-order valence-corrected chi connectivity index (χ4v) is 1.37. The van der Waals surface area contributed by atoms with E-state index in [0.717, 1.165) is 0 Å². The van der Waals surface area contributed by atoms with Crippen LogP contribution in [0.5, 0.6) is 0 Å². The molecule has 1 aromatic rings. The van der Waals surface area contributed by atoms with Crippen molar-refractivity contribution in [3.8, 4) is 6.07 Å². The van der Waals surface area contributed by atoms with E-state index in [2.05, 4.69) is 10.6 Å². The molecule has 1 atom stereocenters. The van der Waals surface area contributed by atoms with Crippen molar-refractivity contribution in [1.82, 2.24) is 5.32 Å². The van der Waals surface area contributed by atoms with E-state index in [1.807, 2.05) is 20.8 Å². The highest BCUT2D eigenvalue weighted by Gasteiger charge is 2.10. The molecule has 0 radical (unpaired) electrons. The Labute approximate surface area is 112 Å². The molecule has 0 bridgehead atoms. The number of benzene rings is 1. The Morgan fingerprint density at radius 3 is 2.68 bits per heavy atom. The molecule has 0 aliphatic heterocycles. The minimum atomic E-state index is -0.564. The molecular weight excluding hydrogens is 245 g/mol. The van der Waals surface area contributed by atoms with Crippen molar-refractivity contribution in [2.75, 3.05) is 11.9 Å². The van der Waals surface area contributed by atoms with E-state index in [0.29, 0.717) is 11.6 Å². The Hall–Kier alpha value is -2.09. The van der Waals surface area contributed by atoms with Gasteiger partial charge in [0.15, 0.2) is 0 Å². The molecule has 0 aliphatic carbocycles. The van der Waals surface area contributed by atoms with Gasteiger partial charge in [0.25, 0.3) is 0 Å². The summed E-state index contributed by atoms with van der Waals surface area (Å²) in [6.07, 6.45) is 0. The normalized spacial score (nSPS) is 11.8. The summed E-state index contributed by atoms with van der Waals surface area (Å²) in [5.41, 5.74) is 0.506. The number of hydrogen-bond donors (Lipinski definition) is 2. The van der Waals surface area contributed by atoms with Crippen LogP contribution in [0.2, 0.25) is 0 Å². The molecule has 0 heterocycles. The Morgan fingerprint density at radius 2 is 2.11 bits per heavy atom. The van der Waals surface area contributed by atoms with Gasteiger partial charge in [-0.05, 0) is 31.0 Å². The smallest absolute Gasteiger partial charge is 0.239 e. The third-order valence-electron chi connectivity index (χ3n) is 2.93. The second-order valence-corrected chi connectivity index (χ2v) is 4.76. The van der Waals surface area contributed by atoms with Crippen molar-refractivity contribution in [2.24, 2.45) is 5.92 Å². The third-order valence-corrected chi connectivity index (χ3v) is 2.93. The molecule has 4 nitrogen and oxygen atoms in total. The molecule has 0 saturated heterocycles. The molecule has 0 aliphatic rings. The number of rotatable bonds is 5. The van der Waals surface area contributed by atoms with Crippen molar-refractivity contribution < 1.29 is 9.18 Å². The van der Waals surface area contributed by atoms with Gasteiger partial charge in [0.1, 0.15) is 11.9 Å². The summed E-state index contributed by atoms with van der Waals surface area (Å²) < 4.78 is 13.1. The van der Waals surface area contributed by atoms with E-state index in [1.54, 1.807) is 6.07 Å². The van der Waals surface area contributed by atoms with Gasteiger partial charge < -0.3 is 10.6 Å². The molecule has 5 heteroatoms. The lowest BCUT2D eigenvalue weighted by Crippen LogP contribution is -2.39. The van der Waals surface area contributed by atoms with Gasteiger partial charge in [-0.3, -0.25) is 4.79 Å². The number of hydrogen-bond acceptors (Lipinski definition) is 3. The van der Waals surface area contributed by atoms with Gasteiger partial charge in [0, 0.05) is 11.7 Å². The first kappa shape index (κ1) is 15.0. The molecule has 1 unspecified atom stereocenters. The standard InChI is InChI=1S/C14H18FN3O/c1-9(2)10(3)18-14(19)8-17-12-4-5-13(15)11(6-12)7-16/h4-6,9-10,17H,8H2,1-3H3,(H,18,19). The number of halogens is 1. The van der Waals surface area contributed by atoms with Crippen molar-refractivity contribution in [3.05, 3.63) is 29.6 Å². The second kappa shape index (κ2) is 6.74. The molecule has 1 amide bonds. The molecule has 1 aromatic carbocycles. The Morgan fingerprint density at radius 1 is 1.42 bits per heavy atom. The van der Waals surface area contributed by atoms with Crippen LogP contribution in [0.4, 0.5) is 10.1 Å². The molecule has 2 N–H and O–H groups in total. The fourth-order valence-electron chi connectivity index (χ4n) is 1.37. The maximum absolute atomic E-state index is 13.1. The van der Waals surface area contributed by atoms with E-state index < -0.39 is 5.82 Å². The fraction of sp³-hybridized carbons (Fsp3) is 0.429. The summed E-state index contributed by atoms with van der Waals surface area (Å²) in [5, 5.41) is 14.4. The average Bonchev–Trinajstić information content (AvgIpc) is 2.37. The number of nitrogens with zero attached hydrogens (tertiary/aromatic N) is 1. The van der Waals surface area contributed by atoms with Crippen LogP contribution < -0.4 is 10.6 Å². The summed E-state index contributed by atoms with van der Waals surface area (Å²) >= 11 is 0. The lowest BCUT2D eigenvalue weighted by molar-refractivity contribution is -0.120. The number of nitrogens with one attached hydrogen (secondary N) is 2. The summed E-state index contributed by atoms with van der Waals surface area (Å²) in [6.45, 7) is 6.08. The minimum Gasteiger partial charge on any atom is -0.376 e. The van der Waals surface area contributed by atoms with Crippen LogP contribution in [0, 0.1) is 23.1 Å². The monoisotopic (exact) mass is 263 g/mol. The molecule has 0 aromatic heterocycles. The largest absolute Gasteiger partial charge is 0.376 e. The molecule has 0 fully saturated rings. The molecule has 0 saturated carbocycles. The van der Waals surface area contributed by atoms with Crippen LogP contribution in [0.25, 0.3) is 0 Å². The predicted octanol–water partition coefficient (Wildman–Crippen LogP) is 2.27. The molecule has 1 rings (SSSR count).